The zero-order valence-corrected chi connectivity index (χ0v) is 12.9. The van der Waals surface area contributed by atoms with Crippen LogP contribution in [0, 0.1) is 13.8 Å². The Kier molecular flexibility index (Phi) is 4.74. The zero-order chi connectivity index (χ0) is 14.5. The molecule has 5 heteroatoms. The lowest BCUT2D eigenvalue weighted by Gasteiger charge is -2.07. The summed E-state index contributed by atoms with van der Waals surface area (Å²) in [6, 6.07) is 6.22. The van der Waals surface area contributed by atoms with Gasteiger partial charge in [-0.15, -0.1) is 11.3 Å². The minimum atomic E-state index is 0.418. The lowest BCUT2D eigenvalue weighted by Crippen LogP contribution is -2.22. The normalized spacial score (nSPS) is 11.7. The molecule has 1 heterocycles. The van der Waals surface area contributed by atoms with Crippen LogP contribution in [0.4, 0.5) is 5.69 Å². The van der Waals surface area contributed by atoms with E-state index in [0.717, 1.165) is 22.8 Å². The van der Waals surface area contributed by atoms with Gasteiger partial charge in [0.25, 0.3) is 0 Å². The largest absolute Gasteiger partial charge is 0.370 e. The van der Waals surface area contributed by atoms with Crippen LogP contribution in [-0.2, 0) is 13.0 Å². The molecule has 3 N–H and O–H groups in total. The standard InChI is InChI=1S/C15H20N4S/c1-4-14-18-13(9-20-14)8-17-15(16)19-12-6-10(2)5-11(3)7-12/h5-7,9H,4,8H2,1-3H3,(H3,16,17,19). The second-order valence-corrected chi connectivity index (χ2v) is 5.73. The number of aromatic nitrogens is 1. The lowest BCUT2D eigenvalue weighted by atomic mass is 10.1. The summed E-state index contributed by atoms with van der Waals surface area (Å²) < 4.78 is 0. The third kappa shape index (κ3) is 4.06. The maximum absolute atomic E-state index is 5.91. The number of hydrogen-bond donors (Lipinski definition) is 2. The lowest BCUT2D eigenvalue weighted by molar-refractivity contribution is 0.969. The van der Waals surface area contributed by atoms with E-state index in [4.69, 9.17) is 5.73 Å². The fourth-order valence-electron chi connectivity index (χ4n) is 1.98. The molecule has 0 unspecified atom stereocenters. The van der Waals surface area contributed by atoms with Gasteiger partial charge in [0.1, 0.15) is 0 Å². The zero-order valence-electron chi connectivity index (χ0n) is 12.1. The van der Waals surface area contributed by atoms with Crippen molar-refractivity contribution in [2.75, 3.05) is 5.32 Å². The van der Waals surface area contributed by atoms with Crippen LogP contribution in [0.15, 0.2) is 28.6 Å². The quantitative estimate of drug-likeness (QED) is 0.670. The van der Waals surface area contributed by atoms with Crippen molar-refractivity contribution in [1.82, 2.24) is 4.98 Å². The molecule has 0 atom stereocenters. The molecule has 0 saturated heterocycles. The van der Waals surface area contributed by atoms with E-state index >= 15 is 0 Å². The second kappa shape index (κ2) is 6.52. The number of nitrogens with zero attached hydrogens (tertiary/aromatic N) is 2. The van der Waals surface area contributed by atoms with Gasteiger partial charge in [0.15, 0.2) is 5.96 Å². The van der Waals surface area contributed by atoms with Gasteiger partial charge in [-0.1, -0.05) is 13.0 Å². The Balaban J connectivity index is 1.99. The molecule has 0 fully saturated rings. The topological polar surface area (TPSA) is 63.3 Å². The average Bonchev–Trinajstić information content (AvgIpc) is 2.83. The molecule has 2 rings (SSSR count). The third-order valence-corrected chi connectivity index (χ3v) is 3.85. The SMILES string of the molecule is CCc1nc(CN=C(N)Nc2cc(C)cc(C)c2)cs1. The first-order chi connectivity index (χ1) is 9.56. The van der Waals surface area contributed by atoms with Crippen molar-refractivity contribution in [1.29, 1.82) is 0 Å². The van der Waals surface area contributed by atoms with E-state index in [9.17, 15) is 0 Å². The number of thiazole rings is 1. The van der Waals surface area contributed by atoms with Crippen LogP contribution in [0.1, 0.15) is 28.8 Å². The van der Waals surface area contributed by atoms with Gasteiger partial charge < -0.3 is 11.1 Å². The maximum Gasteiger partial charge on any atom is 0.193 e. The summed E-state index contributed by atoms with van der Waals surface area (Å²) in [5.74, 6) is 0.418. The molecule has 1 aromatic carbocycles. The fourth-order valence-corrected chi connectivity index (χ4v) is 2.72. The number of aliphatic imine (C=N–C) groups is 1. The monoisotopic (exact) mass is 288 g/mol. The number of anilines is 1. The fraction of sp³-hybridized carbons (Fsp3) is 0.333. The molecule has 0 bridgehead atoms. The van der Waals surface area contributed by atoms with E-state index < -0.39 is 0 Å². The van der Waals surface area contributed by atoms with E-state index in [2.05, 4.69) is 42.1 Å². The highest BCUT2D eigenvalue weighted by Gasteiger charge is 2.01. The first-order valence-electron chi connectivity index (χ1n) is 6.65. The number of guanidine groups is 1. The van der Waals surface area contributed by atoms with Crippen molar-refractivity contribution in [3.8, 4) is 0 Å². The number of rotatable bonds is 4. The van der Waals surface area contributed by atoms with Crippen LogP contribution in [0.25, 0.3) is 0 Å². The molecular weight excluding hydrogens is 268 g/mol. The van der Waals surface area contributed by atoms with Crippen molar-refractivity contribution in [3.05, 3.63) is 45.4 Å². The van der Waals surface area contributed by atoms with Gasteiger partial charge in [-0.2, -0.15) is 0 Å². The van der Waals surface area contributed by atoms with Gasteiger partial charge >= 0.3 is 0 Å². The third-order valence-electron chi connectivity index (χ3n) is 2.81. The van der Waals surface area contributed by atoms with Crippen molar-refractivity contribution >= 4 is 23.0 Å². The van der Waals surface area contributed by atoms with Crippen molar-refractivity contribution in [2.45, 2.75) is 33.7 Å². The molecule has 0 saturated carbocycles. The van der Waals surface area contributed by atoms with Crippen LogP contribution in [0.5, 0.6) is 0 Å². The highest BCUT2D eigenvalue weighted by molar-refractivity contribution is 7.09. The molecule has 0 aliphatic carbocycles. The predicted molar refractivity (Wildman–Crippen MR) is 86.4 cm³/mol. The molecule has 0 aliphatic rings. The van der Waals surface area contributed by atoms with E-state index in [1.165, 1.54) is 11.1 Å². The van der Waals surface area contributed by atoms with Crippen LogP contribution in [0.3, 0.4) is 0 Å². The van der Waals surface area contributed by atoms with Gasteiger partial charge in [0.05, 0.1) is 17.2 Å². The Morgan fingerprint density at radius 2 is 2.00 bits per heavy atom. The molecule has 0 aliphatic heterocycles. The van der Waals surface area contributed by atoms with E-state index in [0.29, 0.717) is 12.5 Å². The molecule has 2 aromatic rings. The minimum Gasteiger partial charge on any atom is -0.370 e. The van der Waals surface area contributed by atoms with Crippen LogP contribution >= 0.6 is 11.3 Å². The van der Waals surface area contributed by atoms with Gasteiger partial charge in [0.2, 0.25) is 0 Å². The summed E-state index contributed by atoms with van der Waals surface area (Å²) >= 11 is 1.67. The van der Waals surface area contributed by atoms with Gasteiger partial charge in [0, 0.05) is 11.1 Å². The van der Waals surface area contributed by atoms with Crippen LogP contribution < -0.4 is 11.1 Å². The maximum atomic E-state index is 5.91. The Morgan fingerprint density at radius 3 is 2.60 bits per heavy atom. The average molecular weight is 288 g/mol. The highest BCUT2D eigenvalue weighted by atomic mass is 32.1. The van der Waals surface area contributed by atoms with Gasteiger partial charge in [-0.05, 0) is 43.5 Å². The molecule has 4 nitrogen and oxygen atoms in total. The van der Waals surface area contributed by atoms with E-state index in [-0.39, 0.29) is 0 Å². The summed E-state index contributed by atoms with van der Waals surface area (Å²) in [5, 5.41) is 6.29. The Morgan fingerprint density at radius 1 is 1.30 bits per heavy atom. The molecule has 106 valence electrons. The summed E-state index contributed by atoms with van der Waals surface area (Å²) in [5.41, 5.74) is 10.2. The molecule has 0 amide bonds. The Hall–Kier alpha value is -1.88. The number of nitrogens with two attached hydrogens (primary N) is 1. The molecular formula is C15H20N4S. The Bertz CT molecular complexity index is 596. The van der Waals surface area contributed by atoms with Crippen molar-refractivity contribution in [3.63, 3.8) is 0 Å². The number of aryl methyl sites for hydroxylation is 3. The summed E-state index contributed by atoms with van der Waals surface area (Å²) in [6.07, 6.45) is 0.963. The van der Waals surface area contributed by atoms with Crippen molar-refractivity contribution in [2.24, 2.45) is 10.7 Å². The van der Waals surface area contributed by atoms with Crippen molar-refractivity contribution < 1.29 is 0 Å². The summed E-state index contributed by atoms with van der Waals surface area (Å²) in [4.78, 5) is 8.79. The molecule has 20 heavy (non-hydrogen) atoms. The van der Waals surface area contributed by atoms with E-state index in [1.54, 1.807) is 11.3 Å². The predicted octanol–water partition coefficient (Wildman–Crippen LogP) is 3.25. The molecule has 1 aromatic heterocycles. The smallest absolute Gasteiger partial charge is 0.193 e. The first kappa shape index (κ1) is 14.5. The first-order valence-corrected chi connectivity index (χ1v) is 7.53. The summed E-state index contributed by atoms with van der Waals surface area (Å²) in [6.45, 7) is 6.74. The molecule has 0 spiro atoms. The van der Waals surface area contributed by atoms with Crippen LogP contribution in [-0.4, -0.2) is 10.9 Å². The number of benzene rings is 1. The summed E-state index contributed by atoms with van der Waals surface area (Å²) in [7, 11) is 0. The minimum absolute atomic E-state index is 0.418. The highest BCUT2D eigenvalue weighted by Crippen LogP contribution is 2.14. The Labute approximate surface area is 123 Å². The second-order valence-electron chi connectivity index (χ2n) is 4.79. The van der Waals surface area contributed by atoms with Gasteiger partial charge in [-0.3, -0.25) is 0 Å². The molecule has 0 radical (unpaired) electrons. The van der Waals surface area contributed by atoms with E-state index in [1.807, 2.05) is 17.5 Å². The number of hydrogen-bond acceptors (Lipinski definition) is 3. The van der Waals surface area contributed by atoms with Gasteiger partial charge in [-0.25, -0.2) is 9.98 Å². The van der Waals surface area contributed by atoms with Crippen LogP contribution in [0.2, 0.25) is 0 Å². The number of nitrogens with one attached hydrogen (secondary N) is 1.